The molecule has 0 saturated carbocycles. The lowest BCUT2D eigenvalue weighted by molar-refractivity contribution is -0.133. The molecule has 0 spiro atoms. The Labute approximate surface area is 103 Å². The SMILES string of the molecule is C=CC1=CC(=O)NC1=O.C=CN1C(=O)C=CC1=O. The zero-order valence-corrected chi connectivity index (χ0v) is 9.38. The smallest absolute Gasteiger partial charge is 0.258 e. The van der Waals surface area contributed by atoms with Crippen LogP contribution in [0.4, 0.5) is 0 Å². The third kappa shape index (κ3) is 2.88. The standard InChI is InChI=1S/2C6H5NO2/c1-2-7-5(8)3-4-6(7)9;1-2-4-3-5(8)7-6(4)9/h2-4H,1H2;2-3H,1H2,(H,7,8,9). The Bertz CT molecular complexity index is 493. The third-order valence-corrected chi connectivity index (χ3v) is 2.03. The van der Waals surface area contributed by atoms with Crippen LogP contribution in [0.25, 0.3) is 0 Å². The topological polar surface area (TPSA) is 83.6 Å². The summed E-state index contributed by atoms with van der Waals surface area (Å²) in [4.78, 5) is 43.0. The van der Waals surface area contributed by atoms with E-state index in [1.165, 1.54) is 30.5 Å². The Hall–Kier alpha value is -2.76. The molecule has 1 N–H and O–H groups in total. The minimum absolute atomic E-state index is 0.324. The number of nitrogens with one attached hydrogen (secondary N) is 1. The molecule has 0 aromatic rings. The molecule has 0 atom stereocenters. The predicted molar refractivity (Wildman–Crippen MR) is 62.6 cm³/mol. The minimum atomic E-state index is -0.366. The van der Waals surface area contributed by atoms with Gasteiger partial charge in [0, 0.05) is 30.0 Å². The maximum Gasteiger partial charge on any atom is 0.258 e. The molecule has 0 aliphatic carbocycles. The van der Waals surface area contributed by atoms with Crippen molar-refractivity contribution in [1.82, 2.24) is 10.2 Å². The Morgan fingerprint density at radius 1 is 1.06 bits per heavy atom. The number of hydrogen-bond acceptors (Lipinski definition) is 4. The molecule has 92 valence electrons. The number of carbonyl (C=O) groups excluding carboxylic acids is 4. The minimum Gasteiger partial charge on any atom is -0.289 e. The van der Waals surface area contributed by atoms with Crippen molar-refractivity contribution in [3.05, 3.63) is 49.2 Å². The molecule has 6 nitrogen and oxygen atoms in total. The van der Waals surface area contributed by atoms with Gasteiger partial charge in [-0.2, -0.15) is 0 Å². The monoisotopic (exact) mass is 246 g/mol. The fourth-order valence-electron chi connectivity index (χ4n) is 1.17. The van der Waals surface area contributed by atoms with Crippen molar-refractivity contribution >= 4 is 23.6 Å². The maximum atomic E-state index is 10.6. The highest BCUT2D eigenvalue weighted by molar-refractivity contribution is 6.17. The molecular weight excluding hydrogens is 236 g/mol. The van der Waals surface area contributed by atoms with Gasteiger partial charge in [-0.15, -0.1) is 0 Å². The van der Waals surface area contributed by atoms with Crippen LogP contribution in [0.15, 0.2) is 49.2 Å². The van der Waals surface area contributed by atoms with Gasteiger partial charge in [-0.3, -0.25) is 29.4 Å². The highest BCUT2D eigenvalue weighted by Crippen LogP contribution is 2.02. The van der Waals surface area contributed by atoms with Crippen molar-refractivity contribution in [3.63, 3.8) is 0 Å². The molecule has 0 unspecified atom stereocenters. The zero-order chi connectivity index (χ0) is 13.7. The van der Waals surface area contributed by atoms with Crippen LogP contribution in [0, 0.1) is 0 Å². The van der Waals surface area contributed by atoms with E-state index in [4.69, 9.17) is 0 Å². The first-order valence-electron chi connectivity index (χ1n) is 4.87. The quantitative estimate of drug-likeness (QED) is 0.684. The molecule has 6 heteroatoms. The number of rotatable bonds is 2. The van der Waals surface area contributed by atoms with E-state index >= 15 is 0 Å². The molecule has 0 saturated heterocycles. The van der Waals surface area contributed by atoms with E-state index in [2.05, 4.69) is 18.5 Å². The van der Waals surface area contributed by atoms with Crippen molar-refractivity contribution < 1.29 is 19.2 Å². The van der Waals surface area contributed by atoms with E-state index in [-0.39, 0.29) is 23.6 Å². The Morgan fingerprint density at radius 3 is 1.83 bits per heavy atom. The van der Waals surface area contributed by atoms with Crippen LogP contribution in [-0.4, -0.2) is 28.5 Å². The summed E-state index contributed by atoms with van der Waals surface area (Å²) in [6.07, 6.45) is 6.19. The predicted octanol–water partition coefficient (Wildman–Crippen LogP) is -0.190. The van der Waals surface area contributed by atoms with E-state index in [1.807, 2.05) is 0 Å². The highest BCUT2D eigenvalue weighted by atomic mass is 16.2. The average molecular weight is 246 g/mol. The first-order valence-corrected chi connectivity index (χ1v) is 4.87. The van der Waals surface area contributed by atoms with Crippen LogP contribution in [0.1, 0.15) is 0 Å². The number of nitrogens with zero attached hydrogens (tertiary/aromatic N) is 1. The van der Waals surface area contributed by atoms with Gasteiger partial charge in [-0.25, -0.2) is 0 Å². The van der Waals surface area contributed by atoms with Crippen LogP contribution in [0.5, 0.6) is 0 Å². The van der Waals surface area contributed by atoms with E-state index in [1.54, 1.807) is 0 Å². The first-order chi connectivity index (χ1) is 8.49. The second-order valence-electron chi connectivity index (χ2n) is 3.18. The van der Waals surface area contributed by atoms with Gasteiger partial charge in [-0.1, -0.05) is 19.2 Å². The molecule has 0 bridgehead atoms. The van der Waals surface area contributed by atoms with Gasteiger partial charge in [0.25, 0.3) is 23.6 Å². The summed E-state index contributed by atoms with van der Waals surface area (Å²) in [5.41, 5.74) is 0.333. The molecule has 2 aliphatic rings. The van der Waals surface area contributed by atoms with Crippen molar-refractivity contribution in [3.8, 4) is 0 Å². The second-order valence-corrected chi connectivity index (χ2v) is 3.18. The lowest BCUT2D eigenvalue weighted by Crippen LogP contribution is -2.22. The van der Waals surface area contributed by atoms with E-state index in [0.29, 0.717) is 5.57 Å². The Morgan fingerprint density at radius 2 is 1.61 bits per heavy atom. The normalized spacial score (nSPS) is 17.1. The molecule has 4 amide bonds. The highest BCUT2D eigenvalue weighted by Gasteiger charge is 2.19. The van der Waals surface area contributed by atoms with Crippen molar-refractivity contribution in [2.24, 2.45) is 0 Å². The lowest BCUT2D eigenvalue weighted by atomic mass is 10.3. The van der Waals surface area contributed by atoms with E-state index in [0.717, 1.165) is 4.90 Å². The van der Waals surface area contributed by atoms with Crippen LogP contribution >= 0.6 is 0 Å². The summed E-state index contributed by atoms with van der Waals surface area (Å²) in [5.74, 6) is -1.38. The maximum absolute atomic E-state index is 10.6. The molecule has 2 rings (SSSR count). The van der Waals surface area contributed by atoms with Crippen molar-refractivity contribution in [2.75, 3.05) is 0 Å². The Kier molecular flexibility index (Phi) is 4.09. The number of amides is 4. The molecular formula is C12H10N2O4. The molecule has 0 aromatic carbocycles. The number of hydrogen-bond donors (Lipinski definition) is 1. The van der Waals surface area contributed by atoms with Gasteiger partial charge in [0.2, 0.25) is 0 Å². The Balaban J connectivity index is 0.000000180. The summed E-state index contributed by atoms with van der Waals surface area (Å²) in [7, 11) is 0. The summed E-state index contributed by atoms with van der Waals surface area (Å²) in [6.45, 7) is 6.63. The van der Waals surface area contributed by atoms with Crippen LogP contribution in [0.2, 0.25) is 0 Å². The molecule has 0 fully saturated rings. The second kappa shape index (κ2) is 5.53. The molecule has 2 aliphatic heterocycles. The molecule has 0 radical (unpaired) electrons. The van der Waals surface area contributed by atoms with E-state index in [9.17, 15) is 19.2 Å². The number of imide groups is 2. The summed E-state index contributed by atoms with van der Waals surface area (Å²) in [5, 5.41) is 2.08. The fraction of sp³-hybridized carbons (Fsp3) is 0. The first kappa shape index (κ1) is 13.3. The van der Waals surface area contributed by atoms with Gasteiger partial charge in [0.15, 0.2) is 0 Å². The molecule has 0 aromatic heterocycles. The van der Waals surface area contributed by atoms with Crippen LogP contribution in [-0.2, 0) is 19.2 Å². The lowest BCUT2D eigenvalue weighted by Gasteiger charge is -2.03. The zero-order valence-electron chi connectivity index (χ0n) is 9.38. The van der Waals surface area contributed by atoms with Gasteiger partial charge in [0.05, 0.1) is 0 Å². The van der Waals surface area contributed by atoms with Gasteiger partial charge >= 0.3 is 0 Å². The van der Waals surface area contributed by atoms with Gasteiger partial charge in [0.1, 0.15) is 0 Å². The fourth-order valence-corrected chi connectivity index (χ4v) is 1.17. The molecule has 2 heterocycles. The van der Waals surface area contributed by atoms with Crippen LogP contribution < -0.4 is 5.32 Å². The van der Waals surface area contributed by atoms with E-state index < -0.39 is 0 Å². The largest absolute Gasteiger partial charge is 0.289 e. The summed E-state index contributed by atoms with van der Waals surface area (Å²) in [6, 6.07) is 0. The van der Waals surface area contributed by atoms with Gasteiger partial charge in [-0.05, 0) is 0 Å². The van der Waals surface area contributed by atoms with Crippen LogP contribution in [0.3, 0.4) is 0 Å². The summed E-state index contributed by atoms with van der Waals surface area (Å²) >= 11 is 0. The third-order valence-electron chi connectivity index (χ3n) is 2.03. The van der Waals surface area contributed by atoms with Gasteiger partial charge < -0.3 is 0 Å². The van der Waals surface area contributed by atoms with Crippen molar-refractivity contribution in [1.29, 1.82) is 0 Å². The summed E-state index contributed by atoms with van der Waals surface area (Å²) < 4.78 is 0. The average Bonchev–Trinajstić information content (AvgIpc) is 2.82. The van der Waals surface area contributed by atoms with Crippen molar-refractivity contribution in [2.45, 2.75) is 0 Å². The molecule has 18 heavy (non-hydrogen) atoms. The number of carbonyl (C=O) groups is 4.